The summed E-state index contributed by atoms with van der Waals surface area (Å²) in [6.07, 6.45) is 2.18. The molecule has 0 saturated carbocycles. The number of nitrogens with zero attached hydrogens (tertiary/aromatic N) is 1. The molecular formula is C27H28ClN3O3. The van der Waals surface area contributed by atoms with Gasteiger partial charge in [-0.15, -0.1) is 0 Å². The van der Waals surface area contributed by atoms with Gasteiger partial charge >= 0.3 is 0 Å². The zero-order valence-electron chi connectivity index (χ0n) is 18.9. The van der Waals surface area contributed by atoms with Crippen LogP contribution in [0.3, 0.4) is 0 Å². The van der Waals surface area contributed by atoms with E-state index in [0.717, 1.165) is 60.2 Å². The van der Waals surface area contributed by atoms with E-state index in [1.807, 2.05) is 54.6 Å². The van der Waals surface area contributed by atoms with Gasteiger partial charge in [-0.3, -0.25) is 4.79 Å². The highest BCUT2D eigenvalue weighted by Crippen LogP contribution is 2.32. The van der Waals surface area contributed by atoms with Gasteiger partial charge in [0.25, 0.3) is 5.91 Å². The summed E-state index contributed by atoms with van der Waals surface area (Å²) in [5, 5.41) is 7.40. The van der Waals surface area contributed by atoms with Crippen LogP contribution in [0.5, 0.6) is 11.5 Å². The first-order valence-electron chi connectivity index (χ1n) is 11.6. The number of amides is 1. The standard InChI is InChI=1S/C27H28ClN3O3/c28-22-6-1-19(2-7-22)16-29-23-11-13-31(14-12-23)24-8-4-21(5-9-24)27(32)30-17-20-3-10-25-26(15-20)34-18-33-25/h1-10,15,23,29H,11-14,16-18H2,(H,30,32). The van der Waals surface area contributed by atoms with Crippen LogP contribution in [-0.2, 0) is 13.1 Å². The zero-order valence-corrected chi connectivity index (χ0v) is 19.7. The largest absolute Gasteiger partial charge is 0.454 e. The van der Waals surface area contributed by atoms with Crippen LogP contribution in [0.25, 0.3) is 0 Å². The maximum absolute atomic E-state index is 12.6. The number of benzene rings is 3. The number of rotatable bonds is 7. The second-order valence-electron chi connectivity index (χ2n) is 8.69. The fraction of sp³-hybridized carbons (Fsp3) is 0.296. The summed E-state index contributed by atoms with van der Waals surface area (Å²) in [6.45, 7) is 3.53. The zero-order chi connectivity index (χ0) is 23.3. The minimum atomic E-state index is -0.0886. The quantitative estimate of drug-likeness (QED) is 0.514. The maximum Gasteiger partial charge on any atom is 0.251 e. The Bertz CT molecular complexity index is 1130. The third kappa shape index (κ3) is 5.46. The predicted molar refractivity (Wildman–Crippen MR) is 134 cm³/mol. The Morgan fingerprint density at radius 3 is 2.35 bits per heavy atom. The average molecular weight is 478 g/mol. The summed E-state index contributed by atoms with van der Waals surface area (Å²) < 4.78 is 10.7. The summed E-state index contributed by atoms with van der Waals surface area (Å²) >= 11 is 5.96. The molecule has 3 aromatic rings. The monoisotopic (exact) mass is 477 g/mol. The van der Waals surface area contributed by atoms with Crippen molar-refractivity contribution in [2.24, 2.45) is 0 Å². The van der Waals surface area contributed by atoms with Crippen LogP contribution in [0.1, 0.15) is 34.3 Å². The molecule has 34 heavy (non-hydrogen) atoms. The lowest BCUT2D eigenvalue weighted by Crippen LogP contribution is -2.42. The molecule has 176 valence electrons. The minimum Gasteiger partial charge on any atom is -0.454 e. The molecule has 0 radical (unpaired) electrons. The third-order valence-corrected chi connectivity index (χ3v) is 6.64. The van der Waals surface area contributed by atoms with Crippen molar-refractivity contribution in [2.75, 3.05) is 24.8 Å². The second-order valence-corrected chi connectivity index (χ2v) is 9.12. The molecule has 2 aliphatic heterocycles. The van der Waals surface area contributed by atoms with Gasteiger partial charge in [-0.2, -0.15) is 0 Å². The van der Waals surface area contributed by atoms with Crippen LogP contribution in [0.4, 0.5) is 5.69 Å². The number of hydrogen-bond acceptors (Lipinski definition) is 5. The van der Waals surface area contributed by atoms with Crippen molar-refractivity contribution in [3.05, 3.63) is 88.4 Å². The summed E-state index contributed by atoms with van der Waals surface area (Å²) in [6, 6.07) is 22.1. The highest BCUT2D eigenvalue weighted by molar-refractivity contribution is 6.30. The van der Waals surface area contributed by atoms with Crippen molar-refractivity contribution < 1.29 is 14.3 Å². The number of halogens is 1. The van der Waals surface area contributed by atoms with Crippen molar-refractivity contribution in [3.8, 4) is 11.5 Å². The van der Waals surface area contributed by atoms with Crippen molar-refractivity contribution >= 4 is 23.2 Å². The molecule has 2 N–H and O–H groups in total. The molecule has 1 fully saturated rings. The Labute approximate surface area is 204 Å². The molecule has 0 spiro atoms. The molecular weight excluding hydrogens is 450 g/mol. The van der Waals surface area contributed by atoms with E-state index in [1.54, 1.807) is 0 Å². The van der Waals surface area contributed by atoms with Gasteiger partial charge in [-0.05, 0) is 72.5 Å². The fourth-order valence-electron chi connectivity index (χ4n) is 4.37. The maximum atomic E-state index is 12.6. The van der Waals surface area contributed by atoms with E-state index in [1.165, 1.54) is 5.56 Å². The first-order chi connectivity index (χ1) is 16.6. The van der Waals surface area contributed by atoms with Gasteiger partial charge in [-0.1, -0.05) is 29.8 Å². The topological polar surface area (TPSA) is 62.8 Å². The molecule has 0 aromatic heterocycles. The molecule has 1 saturated heterocycles. The van der Waals surface area contributed by atoms with Gasteiger partial charge in [0.15, 0.2) is 11.5 Å². The highest BCUT2D eigenvalue weighted by atomic mass is 35.5. The molecule has 2 aliphatic rings. The number of anilines is 1. The van der Waals surface area contributed by atoms with Gasteiger partial charge in [0.2, 0.25) is 6.79 Å². The second kappa shape index (κ2) is 10.4. The molecule has 0 atom stereocenters. The van der Waals surface area contributed by atoms with Gasteiger partial charge in [0.1, 0.15) is 0 Å². The predicted octanol–water partition coefficient (Wildman–Crippen LogP) is 4.76. The first-order valence-corrected chi connectivity index (χ1v) is 12.0. The van der Waals surface area contributed by atoms with E-state index in [4.69, 9.17) is 21.1 Å². The highest BCUT2D eigenvalue weighted by Gasteiger charge is 2.19. The van der Waals surface area contributed by atoms with Crippen molar-refractivity contribution in [1.29, 1.82) is 0 Å². The molecule has 5 rings (SSSR count). The lowest BCUT2D eigenvalue weighted by molar-refractivity contribution is 0.0951. The Balaban J connectivity index is 1.08. The molecule has 0 bridgehead atoms. The Morgan fingerprint density at radius 1 is 0.882 bits per heavy atom. The van der Waals surface area contributed by atoms with Crippen LogP contribution < -0.4 is 25.0 Å². The SMILES string of the molecule is O=C(NCc1ccc2c(c1)OCO2)c1ccc(N2CCC(NCc3ccc(Cl)cc3)CC2)cc1. The van der Waals surface area contributed by atoms with E-state index in [0.29, 0.717) is 18.2 Å². The van der Waals surface area contributed by atoms with Crippen LogP contribution in [-0.4, -0.2) is 31.8 Å². The van der Waals surface area contributed by atoms with Crippen LogP contribution >= 0.6 is 11.6 Å². The molecule has 3 aromatic carbocycles. The molecule has 7 heteroatoms. The van der Waals surface area contributed by atoms with Crippen LogP contribution in [0, 0.1) is 0 Å². The van der Waals surface area contributed by atoms with E-state index < -0.39 is 0 Å². The molecule has 0 aliphatic carbocycles. The summed E-state index contributed by atoms with van der Waals surface area (Å²) in [4.78, 5) is 15.0. The van der Waals surface area contributed by atoms with E-state index in [2.05, 4.69) is 27.7 Å². The lowest BCUT2D eigenvalue weighted by atomic mass is 10.0. The Hall–Kier alpha value is -3.22. The van der Waals surface area contributed by atoms with Crippen molar-refractivity contribution in [3.63, 3.8) is 0 Å². The lowest BCUT2D eigenvalue weighted by Gasteiger charge is -2.34. The average Bonchev–Trinajstić information content (AvgIpc) is 3.35. The summed E-state index contributed by atoms with van der Waals surface area (Å²) in [7, 11) is 0. The smallest absolute Gasteiger partial charge is 0.251 e. The fourth-order valence-corrected chi connectivity index (χ4v) is 4.49. The van der Waals surface area contributed by atoms with Gasteiger partial charge < -0.3 is 25.0 Å². The van der Waals surface area contributed by atoms with E-state index in [-0.39, 0.29) is 12.7 Å². The van der Waals surface area contributed by atoms with E-state index in [9.17, 15) is 4.79 Å². The summed E-state index contributed by atoms with van der Waals surface area (Å²) in [5.74, 6) is 1.38. The third-order valence-electron chi connectivity index (χ3n) is 6.39. The van der Waals surface area contributed by atoms with Gasteiger partial charge in [-0.25, -0.2) is 0 Å². The molecule has 0 unspecified atom stereocenters. The van der Waals surface area contributed by atoms with Crippen LogP contribution in [0.2, 0.25) is 5.02 Å². The number of hydrogen-bond donors (Lipinski definition) is 2. The minimum absolute atomic E-state index is 0.0886. The molecule has 1 amide bonds. The molecule has 6 nitrogen and oxygen atoms in total. The summed E-state index contributed by atoms with van der Waals surface area (Å²) in [5.41, 5.74) is 4.04. The first kappa shape index (κ1) is 22.6. The Morgan fingerprint density at radius 2 is 1.59 bits per heavy atom. The molecule has 2 heterocycles. The van der Waals surface area contributed by atoms with Gasteiger partial charge in [0.05, 0.1) is 0 Å². The van der Waals surface area contributed by atoms with E-state index >= 15 is 0 Å². The number of fused-ring (bicyclic) bond motifs is 1. The number of nitrogens with one attached hydrogen (secondary N) is 2. The number of carbonyl (C=O) groups is 1. The number of ether oxygens (including phenoxy) is 2. The van der Waals surface area contributed by atoms with Crippen molar-refractivity contribution in [2.45, 2.75) is 32.0 Å². The van der Waals surface area contributed by atoms with Gasteiger partial charge in [0, 0.05) is 48.5 Å². The number of carbonyl (C=O) groups excluding carboxylic acids is 1. The van der Waals surface area contributed by atoms with Crippen molar-refractivity contribution in [1.82, 2.24) is 10.6 Å². The normalized spacial score (nSPS) is 15.4. The Kier molecular flexibility index (Phi) is 6.88. The van der Waals surface area contributed by atoms with Crippen LogP contribution in [0.15, 0.2) is 66.7 Å². The number of piperidine rings is 1.